The van der Waals surface area contributed by atoms with E-state index < -0.39 is 0 Å². The highest BCUT2D eigenvalue weighted by molar-refractivity contribution is 7.07. The fourth-order valence-corrected chi connectivity index (χ4v) is 2.45. The second-order valence-corrected chi connectivity index (χ2v) is 5.26. The summed E-state index contributed by atoms with van der Waals surface area (Å²) in [4.78, 5) is 14.0. The van der Waals surface area contributed by atoms with Gasteiger partial charge in [-0.1, -0.05) is 0 Å². The van der Waals surface area contributed by atoms with Gasteiger partial charge in [0.05, 0.1) is 6.61 Å². The maximum absolute atomic E-state index is 12.9. The number of urea groups is 1. The van der Waals surface area contributed by atoms with Crippen molar-refractivity contribution in [3.8, 4) is 0 Å². The van der Waals surface area contributed by atoms with Gasteiger partial charge in [-0.15, -0.1) is 0 Å². The van der Waals surface area contributed by atoms with Crippen LogP contribution in [0.4, 0.5) is 14.9 Å². The van der Waals surface area contributed by atoms with Crippen molar-refractivity contribution in [2.75, 3.05) is 25.6 Å². The van der Waals surface area contributed by atoms with Gasteiger partial charge in [-0.2, -0.15) is 11.3 Å². The second-order valence-electron chi connectivity index (χ2n) is 4.48. The van der Waals surface area contributed by atoms with Gasteiger partial charge in [-0.05, 0) is 46.7 Å². The molecule has 0 aliphatic rings. The highest BCUT2D eigenvalue weighted by atomic mass is 32.1. The molecule has 0 bridgehead atoms. The number of halogens is 1. The van der Waals surface area contributed by atoms with E-state index in [1.807, 2.05) is 16.8 Å². The molecule has 0 fully saturated rings. The molecule has 0 aliphatic heterocycles. The highest BCUT2D eigenvalue weighted by Crippen LogP contribution is 2.13. The molecule has 4 nitrogen and oxygen atoms in total. The van der Waals surface area contributed by atoms with Gasteiger partial charge in [-0.3, -0.25) is 0 Å². The molecule has 0 atom stereocenters. The van der Waals surface area contributed by atoms with E-state index >= 15 is 0 Å². The van der Waals surface area contributed by atoms with Crippen molar-refractivity contribution in [2.24, 2.45) is 0 Å². The number of benzene rings is 1. The molecule has 1 aromatic heterocycles. The Labute approximate surface area is 127 Å². The number of methoxy groups -OCH3 is 1. The van der Waals surface area contributed by atoms with E-state index in [4.69, 9.17) is 4.74 Å². The third-order valence-electron chi connectivity index (χ3n) is 2.90. The minimum atomic E-state index is -0.331. The summed E-state index contributed by atoms with van der Waals surface area (Å²) in [6, 6.07) is 7.45. The summed E-state index contributed by atoms with van der Waals surface area (Å²) >= 11 is 1.59. The number of carbonyl (C=O) groups is 1. The zero-order valence-corrected chi connectivity index (χ0v) is 12.5. The first-order valence-corrected chi connectivity index (χ1v) is 7.45. The molecule has 0 aliphatic carbocycles. The van der Waals surface area contributed by atoms with E-state index in [1.165, 1.54) is 24.3 Å². The smallest absolute Gasteiger partial charge is 0.322 e. The van der Waals surface area contributed by atoms with Crippen molar-refractivity contribution >= 4 is 23.1 Å². The topological polar surface area (TPSA) is 41.6 Å². The van der Waals surface area contributed by atoms with Gasteiger partial charge in [-0.25, -0.2) is 9.18 Å². The van der Waals surface area contributed by atoms with Crippen molar-refractivity contribution in [3.63, 3.8) is 0 Å². The number of nitrogens with zero attached hydrogens (tertiary/aromatic N) is 1. The lowest BCUT2D eigenvalue weighted by molar-refractivity contribution is 0.153. The van der Waals surface area contributed by atoms with Gasteiger partial charge in [0.1, 0.15) is 5.82 Å². The summed E-state index contributed by atoms with van der Waals surface area (Å²) in [5, 5.41) is 6.74. The Morgan fingerprint density at radius 3 is 2.71 bits per heavy atom. The van der Waals surface area contributed by atoms with E-state index in [2.05, 4.69) is 5.32 Å². The molecule has 1 aromatic carbocycles. The quantitative estimate of drug-likeness (QED) is 0.886. The van der Waals surface area contributed by atoms with Crippen molar-refractivity contribution in [1.82, 2.24) is 4.90 Å². The molecule has 0 saturated heterocycles. The maximum Gasteiger partial charge on any atom is 0.322 e. The lowest BCUT2D eigenvalue weighted by atomic mass is 10.3. The predicted molar refractivity (Wildman–Crippen MR) is 82.0 cm³/mol. The third-order valence-corrected chi connectivity index (χ3v) is 3.63. The Morgan fingerprint density at radius 1 is 1.33 bits per heavy atom. The first kappa shape index (κ1) is 15.5. The Bertz CT molecular complexity index is 558. The van der Waals surface area contributed by atoms with E-state index in [1.54, 1.807) is 23.3 Å². The molecule has 0 saturated carbocycles. The first-order chi connectivity index (χ1) is 10.2. The van der Waals surface area contributed by atoms with Crippen molar-refractivity contribution in [3.05, 3.63) is 52.5 Å². The summed E-state index contributed by atoms with van der Waals surface area (Å²) in [7, 11) is 1.60. The minimum Gasteiger partial charge on any atom is -0.383 e. The number of amides is 2. The minimum absolute atomic E-state index is 0.232. The molecule has 6 heteroatoms. The number of ether oxygens (including phenoxy) is 1. The predicted octanol–water partition coefficient (Wildman–Crippen LogP) is 3.57. The lowest BCUT2D eigenvalue weighted by Gasteiger charge is -2.22. The molecule has 2 rings (SSSR count). The molecular formula is C15H17FN2O2S. The second kappa shape index (κ2) is 7.75. The van der Waals surface area contributed by atoms with E-state index in [-0.39, 0.29) is 11.8 Å². The number of carbonyl (C=O) groups excluding carboxylic acids is 1. The van der Waals surface area contributed by atoms with E-state index in [9.17, 15) is 9.18 Å². The van der Waals surface area contributed by atoms with E-state index in [0.29, 0.717) is 25.4 Å². The third kappa shape index (κ3) is 4.84. The van der Waals surface area contributed by atoms with Crippen LogP contribution in [0.2, 0.25) is 0 Å². The van der Waals surface area contributed by atoms with Crippen LogP contribution >= 0.6 is 11.3 Å². The molecule has 0 spiro atoms. The molecule has 21 heavy (non-hydrogen) atoms. The van der Waals surface area contributed by atoms with Crippen LogP contribution in [0.25, 0.3) is 0 Å². The summed E-state index contributed by atoms with van der Waals surface area (Å²) in [5.41, 5.74) is 1.64. The summed E-state index contributed by atoms with van der Waals surface area (Å²) < 4.78 is 17.9. The van der Waals surface area contributed by atoms with Crippen LogP contribution in [0, 0.1) is 5.82 Å². The molecule has 2 amide bonds. The van der Waals surface area contributed by atoms with Gasteiger partial charge < -0.3 is 15.0 Å². The van der Waals surface area contributed by atoms with E-state index in [0.717, 1.165) is 5.56 Å². The zero-order valence-electron chi connectivity index (χ0n) is 11.7. The van der Waals surface area contributed by atoms with Crippen LogP contribution in [0.5, 0.6) is 0 Å². The molecule has 0 radical (unpaired) electrons. The highest BCUT2D eigenvalue weighted by Gasteiger charge is 2.14. The summed E-state index contributed by atoms with van der Waals surface area (Å²) in [6.07, 6.45) is 0. The fourth-order valence-electron chi connectivity index (χ4n) is 1.79. The van der Waals surface area contributed by atoms with Gasteiger partial charge in [0, 0.05) is 25.9 Å². The number of hydrogen-bond acceptors (Lipinski definition) is 3. The van der Waals surface area contributed by atoms with Crippen LogP contribution in [0.3, 0.4) is 0 Å². The molecule has 1 N–H and O–H groups in total. The van der Waals surface area contributed by atoms with Crippen molar-refractivity contribution < 1.29 is 13.9 Å². The molecule has 1 heterocycles. The van der Waals surface area contributed by atoms with Crippen molar-refractivity contribution in [1.29, 1.82) is 0 Å². The average Bonchev–Trinajstić information content (AvgIpc) is 2.98. The summed E-state index contributed by atoms with van der Waals surface area (Å²) in [6.45, 7) is 1.46. The fraction of sp³-hybridized carbons (Fsp3) is 0.267. The molecular weight excluding hydrogens is 291 g/mol. The Balaban J connectivity index is 2.00. The van der Waals surface area contributed by atoms with Gasteiger partial charge in [0.15, 0.2) is 0 Å². The number of rotatable bonds is 6. The number of thiophene rings is 1. The lowest BCUT2D eigenvalue weighted by Crippen LogP contribution is -2.36. The molecule has 2 aromatic rings. The van der Waals surface area contributed by atoms with Crippen molar-refractivity contribution in [2.45, 2.75) is 6.54 Å². The normalized spacial score (nSPS) is 10.4. The summed E-state index contributed by atoms with van der Waals surface area (Å²) in [5.74, 6) is -0.331. The Morgan fingerprint density at radius 2 is 2.10 bits per heavy atom. The Kier molecular flexibility index (Phi) is 5.71. The number of nitrogens with one attached hydrogen (secondary N) is 1. The SMILES string of the molecule is COCCN(Cc1ccsc1)C(=O)Nc1ccc(F)cc1. The maximum atomic E-state index is 12.9. The van der Waals surface area contributed by atoms with Crippen LogP contribution in [-0.2, 0) is 11.3 Å². The molecule has 112 valence electrons. The van der Waals surface area contributed by atoms with Gasteiger partial charge in [0.25, 0.3) is 0 Å². The van der Waals surface area contributed by atoms with Crippen LogP contribution < -0.4 is 5.32 Å². The van der Waals surface area contributed by atoms with Crippen LogP contribution in [-0.4, -0.2) is 31.2 Å². The van der Waals surface area contributed by atoms with Crippen LogP contribution in [0.1, 0.15) is 5.56 Å². The monoisotopic (exact) mass is 308 g/mol. The Hall–Kier alpha value is -1.92. The van der Waals surface area contributed by atoms with Gasteiger partial charge in [0.2, 0.25) is 0 Å². The standard InChI is InChI=1S/C15H17FN2O2S/c1-20-8-7-18(10-12-6-9-21-11-12)15(19)17-14-4-2-13(16)3-5-14/h2-6,9,11H,7-8,10H2,1H3,(H,17,19). The first-order valence-electron chi connectivity index (χ1n) is 6.50. The van der Waals surface area contributed by atoms with Crippen LogP contribution in [0.15, 0.2) is 41.1 Å². The van der Waals surface area contributed by atoms with Gasteiger partial charge >= 0.3 is 6.03 Å². The largest absolute Gasteiger partial charge is 0.383 e. The molecule has 0 unspecified atom stereocenters. The zero-order chi connectivity index (χ0) is 15.1. The number of anilines is 1. The average molecular weight is 308 g/mol. The number of hydrogen-bond donors (Lipinski definition) is 1.